The summed E-state index contributed by atoms with van der Waals surface area (Å²) >= 11 is 20.2. The van der Waals surface area contributed by atoms with E-state index in [0.29, 0.717) is 58.7 Å². The van der Waals surface area contributed by atoms with Crippen LogP contribution in [-0.4, -0.2) is 24.3 Å². The molecule has 0 unspecified atom stereocenters. The lowest BCUT2D eigenvalue weighted by Crippen LogP contribution is -2.39. The molecule has 11 heteroatoms. The first-order valence-electron chi connectivity index (χ1n) is 14.3. The molecule has 2 heterocycles. The Labute approximate surface area is 280 Å². The number of esters is 1. The number of carbonyl (C=O) groups is 1. The van der Waals surface area contributed by atoms with E-state index < -0.39 is 12.0 Å². The van der Waals surface area contributed by atoms with Gasteiger partial charge in [-0.25, -0.2) is 9.79 Å². The second-order valence-electron chi connectivity index (χ2n) is 10.7. The van der Waals surface area contributed by atoms with Crippen molar-refractivity contribution >= 4 is 58.2 Å². The number of ether oxygens (including phenoxy) is 3. The second kappa shape index (κ2) is 13.8. The summed E-state index contributed by atoms with van der Waals surface area (Å²) in [6.07, 6.45) is 1.72. The van der Waals surface area contributed by atoms with Gasteiger partial charge in [0, 0.05) is 15.6 Å². The maximum Gasteiger partial charge on any atom is 0.338 e. The third-order valence-electron chi connectivity index (χ3n) is 7.37. The van der Waals surface area contributed by atoms with Gasteiger partial charge in [-0.2, -0.15) is 0 Å². The zero-order chi connectivity index (χ0) is 32.4. The number of fused-ring (bicyclic) bond motifs is 1. The first kappa shape index (κ1) is 32.8. The van der Waals surface area contributed by atoms with E-state index >= 15 is 0 Å². The van der Waals surface area contributed by atoms with Crippen LogP contribution >= 0.6 is 46.1 Å². The van der Waals surface area contributed by atoms with Gasteiger partial charge in [-0.3, -0.25) is 9.36 Å². The zero-order valence-electron chi connectivity index (χ0n) is 25.3. The topological polar surface area (TPSA) is 79.1 Å². The number of thiazole rings is 1. The molecule has 1 aliphatic rings. The molecule has 45 heavy (non-hydrogen) atoms. The summed E-state index contributed by atoms with van der Waals surface area (Å²) in [6.45, 7) is 8.08. The van der Waals surface area contributed by atoms with Gasteiger partial charge in [-0.15, -0.1) is 0 Å². The number of allylic oxidation sites excluding steroid dienone is 1. The number of hydrogen-bond acceptors (Lipinski definition) is 7. The number of halogens is 3. The van der Waals surface area contributed by atoms with Crippen LogP contribution in [0.2, 0.25) is 15.1 Å². The van der Waals surface area contributed by atoms with E-state index in [2.05, 4.69) is 18.8 Å². The molecule has 0 fully saturated rings. The molecule has 0 N–H and O–H groups in total. The van der Waals surface area contributed by atoms with E-state index in [9.17, 15) is 9.59 Å². The van der Waals surface area contributed by atoms with Crippen molar-refractivity contribution in [1.82, 2.24) is 4.57 Å². The van der Waals surface area contributed by atoms with Crippen LogP contribution in [0.1, 0.15) is 61.9 Å². The summed E-state index contributed by atoms with van der Waals surface area (Å²) in [5.74, 6) is 0.551. The molecule has 0 amide bonds. The first-order chi connectivity index (χ1) is 21.5. The van der Waals surface area contributed by atoms with Crippen LogP contribution in [-0.2, 0) is 16.1 Å². The predicted molar refractivity (Wildman–Crippen MR) is 180 cm³/mol. The average Bonchev–Trinajstić information content (AvgIpc) is 3.30. The zero-order valence-corrected chi connectivity index (χ0v) is 28.4. The van der Waals surface area contributed by atoms with Gasteiger partial charge in [0.1, 0.15) is 6.61 Å². The van der Waals surface area contributed by atoms with Crippen molar-refractivity contribution in [2.24, 2.45) is 4.99 Å². The van der Waals surface area contributed by atoms with E-state index in [-0.39, 0.29) is 18.8 Å². The molecule has 0 bridgehead atoms. The molecule has 0 radical (unpaired) electrons. The van der Waals surface area contributed by atoms with Gasteiger partial charge in [0.25, 0.3) is 5.56 Å². The van der Waals surface area contributed by atoms with Crippen LogP contribution in [0.25, 0.3) is 6.08 Å². The second-order valence-corrected chi connectivity index (χ2v) is 12.9. The van der Waals surface area contributed by atoms with Crippen LogP contribution in [0.15, 0.2) is 75.7 Å². The van der Waals surface area contributed by atoms with Crippen LogP contribution in [0, 0.1) is 0 Å². The molecule has 5 rings (SSSR count). The minimum absolute atomic E-state index is 0.143. The summed E-state index contributed by atoms with van der Waals surface area (Å²) in [5, 5.41) is 1.29. The monoisotopic (exact) mass is 684 g/mol. The molecule has 4 aromatic rings. The van der Waals surface area contributed by atoms with Crippen LogP contribution < -0.4 is 24.4 Å². The van der Waals surface area contributed by atoms with E-state index in [1.165, 1.54) is 18.4 Å². The molecule has 0 saturated carbocycles. The van der Waals surface area contributed by atoms with Gasteiger partial charge in [-0.1, -0.05) is 90.3 Å². The third-order valence-corrected chi connectivity index (χ3v) is 9.22. The quantitative estimate of drug-likeness (QED) is 0.171. The molecule has 3 aromatic carbocycles. The summed E-state index contributed by atoms with van der Waals surface area (Å²) in [7, 11) is 1.51. The van der Waals surface area contributed by atoms with Crippen molar-refractivity contribution in [2.45, 2.75) is 46.3 Å². The number of carbonyl (C=O) groups excluding carboxylic acids is 1. The van der Waals surface area contributed by atoms with E-state index in [1.807, 2.05) is 24.3 Å². The fraction of sp³-hybridized carbons (Fsp3) is 0.265. The predicted octanol–water partition coefficient (Wildman–Crippen LogP) is 7.47. The Morgan fingerprint density at radius 2 is 1.80 bits per heavy atom. The SMILES string of the molecule is CCOC(=O)C1=C(C)N=c2sc(=Cc3cc(Cl)c(OCc4ccc(Cl)cc4Cl)c(OC)c3)c(=O)n2[C@H]1c1ccc(C(C)C)cc1. The van der Waals surface area contributed by atoms with Gasteiger partial charge >= 0.3 is 5.97 Å². The fourth-order valence-corrected chi connectivity index (χ4v) is 6.86. The Balaban J connectivity index is 1.57. The number of benzene rings is 3. The van der Waals surface area contributed by atoms with Gasteiger partial charge in [0.2, 0.25) is 0 Å². The number of aromatic nitrogens is 1. The van der Waals surface area contributed by atoms with Gasteiger partial charge in [0.05, 0.1) is 40.6 Å². The summed E-state index contributed by atoms with van der Waals surface area (Å²) in [4.78, 5) is 32.4. The van der Waals surface area contributed by atoms with Crippen molar-refractivity contribution in [3.63, 3.8) is 0 Å². The Hall–Kier alpha value is -3.56. The molecular weight excluding hydrogens is 655 g/mol. The molecular formula is C34H31Cl3N2O5S. The highest BCUT2D eigenvalue weighted by atomic mass is 35.5. The minimum Gasteiger partial charge on any atom is -0.493 e. The average molecular weight is 686 g/mol. The Kier molecular flexibility index (Phi) is 10.1. The lowest BCUT2D eigenvalue weighted by atomic mass is 9.93. The molecule has 1 atom stereocenters. The summed E-state index contributed by atoms with van der Waals surface area (Å²) in [6, 6.07) is 15.8. The van der Waals surface area contributed by atoms with E-state index in [0.717, 1.165) is 16.7 Å². The van der Waals surface area contributed by atoms with Crippen LogP contribution in [0.4, 0.5) is 0 Å². The largest absolute Gasteiger partial charge is 0.493 e. The summed E-state index contributed by atoms with van der Waals surface area (Å²) in [5.41, 5.74) is 3.84. The lowest BCUT2D eigenvalue weighted by Gasteiger charge is -2.25. The van der Waals surface area contributed by atoms with E-state index in [1.54, 1.807) is 54.8 Å². The van der Waals surface area contributed by atoms with Crippen molar-refractivity contribution < 1.29 is 19.0 Å². The molecule has 234 valence electrons. The number of hydrogen-bond donors (Lipinski definition) is 0. The van der Waals surface area contributed by atoms with Crippen molar-refractivity contribution in [3.05, 3.63) is 123 Å². The highest BCUT2D eigenvalue weighted by Gasteiger charge is 2.33. The highest BCUT2D eigenvalue weighted by Crippen LogP contribution is 2.38. The van der Waals surface area contributed by atoms with E-state index in [4.69, 9.17) is 49.0 Å². The number of rotatable bonds is 9. The van der Waals surface area contributed by atoms with Crippen molar-refractivity contribution in [2.75, 3.05) is 13.7 Å². The lowest BCUT2D eigenvalue weighted by molar-refractivity contribution is -0.139. The molecule has 0 spiro atoms. The van der Waals surface area contributed by atoms with Crippen molar-refractivity contribution in [1.29, 1.82) is 0 Å². The Morgan fingerprint density at radius 1 is 1.07 bits per heavy atom. The minimum atomic E-state index is -0.697. The van der Waals surface area contributed by atoms with Crippen LogP contribution in [0.5, 0.6) is 11.5 Å². The van der Waals surface area contributed by atoms with Gasteiger partial charge in [0.15, 0.2) is 16.3 Å². The molecule has 1 aromatic heterocycles. The van der Waals surface area contributed by atoms with Crippen LogP contribution in [0.3, 0.4) is 0 Å². The standard InChI is InChI=1S/C34H31Cl3N2O5S/c1-6-43-33(41)29-19(4)38-34-39(30(29)22-9-7-21(8-10-22)18(2)3)32(40)28(45-34)15-20-13-26(37)31(27(14-20)42-5)44-17-23-11-12-24(35)16-25(23)36/h7-16,18,30H,6,17H2,1-5H3/t30-/m0/s1. The van der Waals surface area contributed by atoms with Gasteiger partial charge < -0.3 is 14.2 Å². The Morgan fingerprint density at radius 3 is 2.44 bits per heavy atom. The smallest absolute Gasteiger partial charge is 0.338 e. The molecule has 7 nitrogen and oxygen atoms in total. The Bertz CT molecular complexity index is 1980. The highest BCUT2D eigenvalue weighted by molar-refractivity contribution is 7.07. The third kappa shape index (κ3) is 6.84. The van der Waals surface area contributed by atoms with Gasteiger partial charge in [-0.05, 0) is 66.8 Å². The number of nitrogens with zero attached hydrogens (tertiary/aromatic N) is 2. The normalized spacial score (nSPS) is 14.8. The number of methoxy groups -OCH3 is 1. The molecule has 0 saturated heterocycles. The van der Waals surface area contributed by atoms with Crippen molar-refractivity contribution in [3.8, 4) is 11.5 Å². The first-order valence-corrected chi connectivity index (χ1v) is 16.2. The maximum atomic E-state index is 14.0. The fourth-order valence-electron chi connectivity index (χ4n) is 5.07. The summed E-state index contributed by atoms with van der Waals surface area (Å²) < 4.78 is 19.0. The maximum absolute atomic E-state index is 14.0. The molecule has 0 aliphatic carbocycles. The molecule has 1 aliphatic heterocycles.